The zero-order valence-corrected chi connectivity index (χ0v) is 11.3. The summed E-state index contributed by atoms with van der Waals surface area (Å²) < 4.78 is 9.83. The molecule has 1 heterocycles. The van der Waals surface area contributed by atoms with E-state index in [0.29, 0.717) is 21.8 Å². The minimum Gasteiger partial charge on any atom is -0.465 e. The van der Waals surface area contributed by atoms with E-state index in [9.17, 15) is 9.59 Å². The highest BCUT2D eigenvalue weighted by atomic mass is 32.1. The molecule has 0 aliphatic carbocycles. The number of carbonyl (C=O) groups is 2. The van der Waals surface area contributed by atoms with Gasteiger partial charge < -0.3 is 9.47 Å². The van der Waals surface area contributed by atoms with Gasteiger partial charge in [-0.3, -0.25) is 0 Å². The second-order valence-electron chi connectivity index (χ2n) is 3.84. The van der Waals surface area contributed by atoms with Crippen molar-refractivity contribution in [2.24, 2.45) is 0 Å². The van der Waals surface area contributed by atoms with Gasteiger partial charge in [0.2, 0.25) is 0 Å². The van der Waals surface area contributed by atoms with E-state index in [0.717, 1.165) is 0 Å². The molecular weight excluding hydrogens is 264 g/mol. The number of hydrogen-bond donors (Lipinski definition) is 0. The highest BCUT2D eigenvalue weighted by molar-refractivity contribution is 7.11. The Morgan fingerprint density at radius 1 is 1.16 bits per heavy atom. The number of carbonyl (C=O) groups excluding carboxylic acids is 2. The van der Waals surface area contributed by atoms with E-state index in [1.165, 1.54) is 18.4 Å². The second kappa shape index (κ2) is 5.67. The van der Waals surface area contributed by atoms with Crippen LogP contribution in [0.2, 0.25) is 0 Å². The van der Waals surface area contributed by atoms with Crippen molar-refractivity contribution in [2.45, 2.75) is 6.92 Å². The third-order valence-corrected chi connectivity index (χ3v) is 3.30. The molecule has 0 saturated heterocycles. The first kappa shape index (κ1) is 13.3. The molecule has 1 aromatic heterocycles. The monoisotopic (exact) mass is 276 g/mol. The number of aryl methyl sites for hydroxylation is 1. The van der Waals surface area contributed by atoms with Gasteiger partial charge in [0.05, 0.1) is 18.2 Å². The van der Waals surface area contributed by atoms with Crippen LogP contribution in [-0.4, -0.2) is 19.0 Å². The van der Waals surface area contributed by atoms with Crippen molar-refractivity contribution >= 4 is 23.3 Å². The van der Waals surface area contributed by atoms with Crippen LogP contribution in [0.4, 0.5) is 0 Å². The van der Waals surface area contributed by atoms with Gasteiger partial charge in [-0.05, 0) is 48.2 Å². The van der Waals surface area contributed by atoms with Crippen LogP contribution in [0.1, 0.15) is 26.3 Å². The zero-order valence-electron chi connectivity index (χ0n) is 10.5. The molecule has 0 aliphatic rings. The number of benzene rings is 1. The van der Waals surface area contributed by atoms with E-state index in [4.69, 9.17) is 4.74 Å². The van der Waals surface area contributed by atoms with Gasteiger partial charge in [-0.15, -0.1) is 11.3 Å². The van der Waals surface area contributed by atoms with Gasteiger partial charge in [0.1, 0.15) is 0 Å². The lowest BCUT2D eigenvalue weighted by Gasteiger charge is -2.06. The number of methoxy groups -OCH3 is 1. The van der Waals surface area contributed by atoms with Crippen molar-refractivity contribution in [3.05, 3.63) is 52.4 Å². The Balaban J connectivity index is 2.21. The molecule has 0 unspecified atom stereocenters. The number of esters is 2. The van der Waals surface area contributed by atoms with Gasteiger partial charge in [0, 0.05) is 0 Å². The van der Waals surface area contributed by atoms with Crippen LogP contribution in [0, 0.1) is 6.92 Å². The fourth-order valence-corrected chi connectivity index (χ4v) is 2.18. The molecule has 0 saturated carbocycles. The minimum atomic E-state index is -0.434. The second-order valence-corrected chi connectivity index (χ2v) is 4.75. The largest absolute Gasteiger partial charge is 0.465 e. The first-order valence-corrected chi connectivity index (χ1v) is 6.44. The van der Waals surface area contributed by atoms with Gasteiger partial charge in [-0.1, -0.05) is 0 Å². The maximum Gasteiger partial charge on any atom is 0.344 e. The highest BCUT2D eigenvalue weighted by Crippen LogP contribution is 2.21. The van der Waals surface area contributed by atoms with E-state index < -0.39 is 11.9 Å². The van der Waals surface area contributed by atoms with Crippen LogP contribution < -0.4 is 4.74 Å². The first-order valence-electron chi connectivity index (χ1n) is 5.56. The van der Waals surface area contributed by atoms with Crippen molar-refractivity contribution in [3.63, 3.8) is 0 Å². The fraction of sp³-hybridized carbons (Fsp3) is 0.143. The van der Waals surface area contributed by atoms with Crippen LogP contribution >= 0.6 is 11.3 Å². The number of ether oxygens (including phenoxy) is 2. The van der Waals surface area contributed by atoms with Crippen LogP contribution in [-0.2, 0) is 4.74 Å². The summed E-state index contributed by atoms with van der Waals surface area (Å²) in [5.41, 5.74) is 1.51. The van der Waals surface area contributed by atoms with Crippen LogP contribution in [0.3, 0.4) is 0 Å². The molecule has 1 aromatic carbocycles. The van der Waals surface area contributed by atoms with Crippen molar-refractivity contribution in [3.8, 4) is 5.06 Å². The normalized spacial score (nSPS) is 10.0. The molecule has 0 N–H and O–H groups in total. The minimum absolute atomic E-state index is 0.410. The Bertz CT molecular complexity index is 602. The molecule has 0 aliphatic heterocycles. The Morgan fingerprint density at radius 2 is 1.95 bits per heavy atom. The van der Waals surface area contributed by atoms with Crippen LogP contribution in [0.15, 0.2) is 35.7 Å². The molecule has 98 valence electrons. The van der Waals surface area contributed by atoms with Gasteiger partial charge >= 0.3 is 11.9 Å². The Hall–Kier alpha value is -2.14. The van der Waals surface area contributed by atoms with Gasteiger partial charge in [0.25, 0.3) is 0 Å². The average molecular weight is 276 g/mol. The van der Waals surface area contributed by atoms with E-state index in [2.05, 4.69) is 4.74 Å². The van der Waals surface area contributed by atoms with Crippen LogP contribution in [0.25, 0.3) is 0 Å². The fourth-order valence-electron chi connectivity index (χ4n) is 1.61. The summed E-state index contributed by atoms with van der Waals surface area (Å²) >= 11 is 1.35. The number of hydrogen-bond acceptors (Lipinski definition) is 5. The lowest BCUT2D eigenvalue weighted by molar-refractivity contribution is 0.0599. The molecule has 0 radical (unpaired) electrons. The molecule has 0 amide bonds. The lowest BCUT2D eigenvalue weighted by atomic mass is 10.1. The summed E-state index contributed by atoms with van der Waals surface area (Å²) in [6.45, 7) is 1.75. The molecule has 0 atom stereocenters. The standard InChI is InChI=1S/C14H12O4S/c1-9-8-10(13(15)17-2)5-6-11(9)14(16)18-12-4-3-7-19-12/h3-8H,1-2H3. The SMILES string of the molecule is COC(=O)c1ccc(C(=O)Oc2cccs2)c(C)c1. The van der Waals surface area contributed by atoms with Crippen LogP contribution in [0.5, 0.6) is 5.06 Å². The average Bonchev–Trinajstić information content (AvgIpc) is 2.90. The van der Waals surface area contributed by atoms with E-state index in [1.807, 2.05) is 5.38 Å². The topological polar surface area (TPSA) is 52.6 Å². The third-order valence-electron chi connectivity index (χ3n) is 2.56. The molecule has 4 nitrogen and oxygen atoms in total. The van der Waals surface area contributed by atoms with Gasteiger partial charge in [-0.2, -0.15) is 0 Å². The van der Waals surface area contributed by atoms with E-state index in [1.54, 1.807) is 37.3 Å². The van der Waals surface area contributed by atoms with Crippen molar-refractivity contribution < 1.29 is 19.1 Å². The molecule has 2 rings (SSSR count). The molecular formula is C14H12O4S. The molecule has 0 spiro atoms. The Morgan fingerprint density at radius 3 is 2.53 bits per heavy atom. The predicted octanol–water partition coefficient (Wildman–Crippen LogP) is 3.06. The molecule has 0 fully saturated rings. The first-order chi connectivity index (χ1) is 9.11. The Labute approximate surface area is 114 Å². The maximum absolute atomic E-state index is 12.0. The summed E-state index contributed by atoms with van der Waals surface area (Å²) in [5, 5.41) is 2.37. The summed E-state index contributed by atoms with van der Waals surface area (Å²) in [7, 11) is 1.32. The van der Waals surface area contributed by atoms with Gasteiger partial charge in [0.15, 0.2) is 5.06 Å². The summed E-state index contributed by atoms with van der Waals surface area (Å²) in [6, 6.07) is 8.25. The number of rotatable bonds is 3. The lowest BCUT2D eigenvalue weighted by Crippen LogP contribution is -2.11. The van der Waals surface area contributed by atoms with E-state index in [-0.39, 0.29) is 0 Å². The predicted molar refractivity (Wildman–Crippen MR) is 71.8 cm³/mol. The van der Waals surface area contributed by atoms with E-state index >= 15 is 0 Å². The quantitative estimate of drug-likeness (QED) is 0.808. The molecule has 5 heteroatoms. The smallest absolute Gasteiger partial charge is 0.344 e. The molecule has 19 heavy (non-hydrogen) atoms. The van der Waals surface area contributed by atoms with Crippen molar-refractivity contribution in [2.75, 3.05) is 7.11 Å². The summed E-state index contributed by atoms with van der Waals surface area (Å²) in [6.07, 6.45) is 0. The zero-order chi connectivity index (χ0) is 13.8. The maximum atomic E-state index is 12.0. The van der Waals surface area contributed by atoms with Crippen molar-refractivity contribution in [1.29, 1.82) is 0 Å². The third kappa shape index (κ3) is 3.00. The molecule has 0 bridgehead atoms. The summed E-state index contributed by atoms with van der Waals surface area (Å²) in [5.74, 6) is -0.863. The summed E-state index contributed by atoms with van der Waals surface area (Å²) in [4.78, 5) is 23.3. The molecule has 2 aromatic rings. The number of thiophene rings is 1. The van der Waals surface area contributed by atoms with Gasteiger partial charge in [-0.25, -0.2) is 9.59 Å². The van der Waals surface area contributed by atoms with Crippen molar-refractivity contribution in [1.82, 2.24) is 0 Å². The Kier molecular flexibility index (Phi) is 3.97. The highest BCUT2D eigenvalue weighted by Gasteiger charge is 2.14.